The van der Waals surface area contributed by atoms with Gasteiger partial charge in [0.1, 0.15) is 5.75 Å². The highest BCUT2D eigenvalue weighted by atomic mass is 32.1. The van der Waals surface area contributed by atoms with Crippen LogP contribution in [-0.2, 0) is 11.2 Å². The van der Waals surface area contributed by atoms with Crippen LogP contribution in [-0.4, -0.2) is 24.0 Å². The number of nitrogens with two attached hydrogens (primary N) is 1. The molecule has 1 atom stereocenters. The largest absolute Gasteiger partial charge is 0.497 e. The summed E-state index contributed by atoms with van der Waals surface area (Å²) in [6.07, 6.45) is 1.10. The molecule has 0 fully saturated rings. The number of methoxy groups -OCH3 is 1. The molecule has 5 heteroatoms. The van der Waals surface area contributed by atoms with Gasteiger partial charge in [0.25, 0.3) is 0 Å². The van der Waals surface area contributed by atoms with E-state index >= 15 is 0 Å². The van der Waals surface area contributed by atoms with Crippen molar-refractivity contribution in [2.45, 2.75) is 25.8 Å². The SMILES string of the molecule is COc1ccc(CCC(=O)NC(C)C(N)=S)cc1. The molecule has 0 aromatic heterocycles. The zero-order valence-electron chi connectivity index (χ0n) is 10.6. The van der Waals surface area contributed by atoms with Gasteiger partial charge in [-0.15, -0.1) is 0 Å². The van der Waals surface area contributed by atoms with E-state index in [0.717, 1.165) is 11.3 Å². The molecule has 0 aliphatic carbocycles. The molecule has 98 valence electrons. The Hall–Kier alpha value is -1.62. The van der Waals surface area contributed by atoms with Crippen LogP contribution in [0.3, 0.4) is 0 Å². The zero-order valence-corrected chi connectivity index (χ0v) is 11.4. The van der Waals surface area contributed by atoms with Gasteiger partial charge in [-0.25, -0.2) is 0 Å². The molecule has 0 aliphatic rings. The fourth-order valence-electron chi connectivity index (χ4n) is 1.43. The van der Waals surface area contributed by atoms with Crippen LogP contribution in [0.4, 0.5) is 0 Å². The molecule has 18 heavy (non-hydrogen) atoms. The number of aryl methyl sites for hydroxylation is 1. The predicted octanol–water partition coefficient (Wildman–Crippen LogP) is 1.42. The molecular weight excluding hydrogens is 248 g/mol. The summed E-state index contributed by atoms with van der Waals surface area (Å²) in [6.45, 7) is 1.77. The Morgan fingerprint density at radius 3 is 2.56 bits per heavy atom. The van der Waals surface area contributed by atoms with Crippen LogP contribution < -0.4 is 15.8 Å². The first-order valence-electron chi connectivity index (χ1n) is 5.74. The van der Waals surface area contributed by atoms with Gasteiger partial charge in [0.15, 0.2) is 0 Å². The number of amides is 1. The average molecular weight is 266 g/mol. The molecule has 0 saturated carbocycles. The summed E-state index contributed by atoms with van der Waals surface area (Å²) in [7, 11) is 1.62. The molecule has 0 spiro atoms. The van der Waals surface area contributed by atoms with Crippen molar-refractivity contribution in [3.8, 4) is 5.75 Å². The van der Waals surface area contributed by atoms with Crippen LogP contribution in [0.2, 0.25) is 0 Å². The highest BCUT2D eigenvalue weighted by Crippen LogP contribution is 2.12. The third-order valence-electron chi connectivity index (χ3n) is 2.60. The molecule has 0 aliphatic heterocycles. The zero-order chi connectivity index (χ0) is 13.5. The number of hydrogen-bond acceptors (Lipinski definition) is 3. The lowest BCUT2D eigenvalue weighted by Crippen LogP contribution is -2.41. The number of carbonyl (C=O) groups excluding carboxylic acids is 1. The van der Waals surface area contributed by atoms with Crippen molar-refractivity contribution in [3.63, 3.8) is 0 Å². The van der Waals surface area contributed by atoms with Gasteiger partial charge < -0.3 is 15.8 Å². The lowest BCUT2D eigenvalue weighted by molar-refractivity contribution is -0.121. The first-order chi connectivity index (χ1) is 8.52. The van der Waals surface area contributed by atoms with E-state index in [1.165, 1.54) is 0 Å². The maximum atomic E-state index is 11.6. The highest BCUT2D eigenvalue weighted by molar-refractivity contribution is 7.80. The highest BCUT2D eigenvalue weighted by Gasteiger charge is 2.09. The van der Waals surface area contributed by atoms with Crippen LogP contribution in [0.25, 0.3) is 0 Å². The van der Waals surface area contributed by atoms with Crippen LogP contribution in [0, 0.1) is 0 Å². The Bertz CT molecular complexity index is 418. The van der Waals surface area contributed by atoms with Crippen LogP contribution in [0.5, 0.6) is 5.75 Å². The van der Waals surface area contributed by atoms with Crippen molar-refractivity contribution < 1.29 is 9.53 Å². The fraction of sp³-hybridized carbons (Fsp3) is 0.385. The van der Waals surface area contributed by atoms with Gasteiger partial charge >= 0.3 is 0 Å². The average Bonchev–Trinajstić information content (AvgIpc) is 2.36. The van der Waals surface area contributed by atoms with Crippen molar-refractivity contribution in [2.24, 2.45) is 5.73 Å². The van der Waals surface area contributed by atoms with Crippen molar-refractivity contribution in [1.82, 2.24) is 5.32 Å². The molecule has 3 N–H and O–H groups in total. The number of ether oxygens (including phenoxy) is 1. The lowest BCUT2D eigenvalue weighted by Gasteiger charge is -2.11. The summed E-state index contributed by atoms with van der Waals surface area (Å²) in [5, 5.41) is 2.74. The van der Waals surface area contributed by atoms with Gasteiger partial charge in [0.05, 0.1) is 18.1 Å². The van der Waals surface area contributed by atoms with Gasteiger partial charge in [-0.3, -0.25) is 4.79 Å². The summed E-state index contributed by atoms with van der Waals surface area (Å²) in [6, 6.07) is 7.39. The third-order valence-corrected chi connectivity index (χ3v) is 2.96. The van der Waals surface area contributed by atoms with E-state index in [4.69, 9.17) is 22.7 Å². The minimum atomic E-state index is -0.261. The van der Waals surface area contributed by atoms with Crippen molar-refractivity contribution in [2.75, 3.05) is 7.11 Å². The van der Waals surface area contributed by atoms with Gasteiger partial charge in [-0.2, -0.15) is 0 Å². The first kappa shape index (κ1) is 14.4. The van der Waals surface area contributed by atoms with Crippen LogP contribution in [0.15, 0.2) is 24.3 Å². The Morgan fingerprint density at radius 1 is 1.44 bits per heavy atom. The standard InChI is InChI=1S/C13H18N2O2S/c1-9(13(14)18)15-12(16)8-5-10-3-6-11(17-2)7-4-10/h3-4,6-7,9H,5,8H2,1-2H3,(H2,14,18)(H,15,16). The molecule has 0 bridgehead atoms. The monoisotopic (exact) mass is 266 g/mol. The number of nitrogens with one attached hydrogen (secondary N) is 1. The Balaban J connectivity index is 2.40. The minimum absolute atomic E-state index is 0.0499. The number of hydrogen-bond donors (Lipinski definition) is 2. The van der Waals surface area contributed by atoms with Crippen molar-refractivity contribution in [3.05, 3.63) is 29.8 Å². The predicted molar refractivity (Wildman–Crippen MR) is 75.7 cm³/mol. The van der Waals surface area contributed by atoms with E-state index in [9.17, 15) is 4.79 Å². The second kappa shape index (κ2) is 6.96. The summed E-state index contributed by atoms with van der Waals surface area (Å²) in [4.78, 5) is 11.9. The summed E-state index contributed by atoms with van der Waals surface area (Å²) < 4.78 is 5.07. The second-order valence-electron chi connectivity index (χ2n) is 4.04. The van der Waals surface area contributed by atoms with E-state index in [1.807, 2.05) is 24.3 Å². The molecule has 0 heterocycles. The quantitative estimate of drug-likeness (QED) is 0.764. The van der Waals surface area contributed by atoms with Crippen molar-refractivity contribution >= 4 is 23.1 Å². The number of rotatable bonds is 6. The molecular formula is C13H18N2O2S. The molecule has 1 amide bonds. The topological polar surface area (TPSA) is 64.3 Å². The van der Waals surface area contributed by atoms with E-state index in [0.29, 0.717) is 17.8 Å². The molecule has 4 nitrogen and oxygen atoms in total. The molecule has 1 aromatic rings. The molecule has 0 saturated heterocycles. The number of benzene rings is 1. The maximum Gasteiger partial charge on any atom is 0.220 e. The summed E-state index contributed by atoms with van der Waals surface area (Å²) >= 11 is 4.79. The lowest BCUT2D eigenvalue weighted by atomic mass is 10.1. The van der Waals surface area contributed by atoms with Gasteiger partial charge in [-0.1, -0.05) is 24.4 Å². The number of thiocarbonyl (C=S) groups is 1. The summed E-state index contributed by atoms with van der Waals surface area (Å²) in [5.41, 5.74) is 6.52. The smallest absolute Gasteiger partial charge is 0.220 e. The Kier molecular flexibility index (Phi) is 5.58. The number of carbonyl (C=O) groups is 1. The van der Waals surface area contributed by atoms with Crippen LogP contribution in [0.1, 0.15) is 18.9 Å². The molecule has 0 radical (unpaired) electrons. The van der Waals surface area contributed by atoms with Crippen LogP contribution >= 0.6 is 12.2 Å². The van der Waals surface area contributed by atoms with Gasteiger partial charge in [-0.05, 0) is 31.0 Å². The fourth-order valence-corrected chi connectivity index (χ4v) is 1.49. The first-order valence-corrected chi connectivity index (χ1v) is 6.15. The van der Waals surface area contributed by atoms with Crippen molar-refractivity contribution in [1.29, 1.82) is 0 Å². The normalized spacial score (nSPS) is 11.7. The van der Waals surface area contributed by atoms with E-state index < -0.39 is 0 Å². The maximum absolute atomic E-state index is 11.6. The Morgan fingerprint density at radius 2 is 2.06 bits per heavy atom. The van der Waals surface area contributed by atoms with E-state index in [1.54, 1.807) is 14.0 Å². The van der Waals surface area contributed by atoms with E-state index in [-0.39, 0.29) is 11.9 Å². The van der Waals surface area contributed by atoms with E-state index in [2.05, 4.69) is 5.32 Å². The molecule has 1 rings (SSSR count). The Labute approximate surface area is 113 Å². The second-order valence-corrected chi connectivity index (χ2v) is 4.51. The molecule has 1 aromatic carbocycles. The molecule has 1 unspecified atom stereocenters. The van der Waals surface area contributed by atoms with Gasteiger partial charge in [0.2, 0.25) is 5.91 Å². The third kappa shape index (κ3) is 4.71. The summed E-state index contributed by atoms with van der Waals surface area (Å²) in [5.74, 6) is 0.761. The minimum Gasteiger partial charge on any atom is -0.497 e. The van der Waals surface area contributed by atoms with Gasteiger partial charge in [0, 0.05) is 6.42 Å².